The van der Waals surface area contributed by atoms with Crippen LogP contribution in [0.3, 0.4) is 0 Å². The first-order chi connectivity index (χ1) is 22.8. The Kier molecular flexibility index (Phi) is 11.3. The molecular weight excluding hydrogens is 611 g/mol. The SMILES string of the molecule is CCOc1ccccc1N(CC(=O)N(Cc1ccc(C)cc1)C(Cc1ccccc1)C(=O)NC1CCCC1)S(=O)(=O)c1ccccc1. The van der Waals surface area contributed by atoms with Crippen LogP contribution in [0.1, 0.15) is 49.3 Å². The molecule has 0 aliphatic heterocycles. The molecule has 1 saturated carbocycles. The molecule has 2 amide bonds. The first kappa shape index (κ1) is 33.7. The molecule has 9 heteroatoms. The van der Waals surface area contributed by atoms with Crippen LogP contribution in [0.2, 0.25) is 0 Å². The second-order valence-corrected chi connectivity index (χ2v) is 13.8. The standard InChI is InChI=1S/C38H43N3O5S/c1-3-46-36-21-13-12-20-34(36)41(47(44,45)33-18-8-5-9-19-33)28-37(42)40(27-31-24-22-29(2)23-25-31)35(26-30-14-6-4-7-15-30)38(43)39-32-16-10-11-17-32/h4-9,12-15,18-25,32,35H,3,10-11,16-17,26-28H2,1-2H3,(H,39,43). The fourth-order valence-corrected chi connectivity index (χ4v) is 7.43. The predicted molar refractivity (Wildman–Crippen MR) is 185 cm³/mol. The zero-order chi connectivity index (χ0) is 33.2. The number of carbonyl (C=O) groups excluding carboxylic acids is 2. The Hall–Kier alpha value is -4.63. The Bertz CT molecular complexity index is 1720. The van der Waals surface area contributed by atoms with Gasteiger partial charge < -0.3 is 15.0 Å². The Labute approximate surface area is 278 Å². The summed E-state index contributed by atoms with van der Waals surface area (Å²) in [6.45, 7) is 3.71. The van der Waals surface area contributed by atoms with Gasteiger partial charge in [0.25, 0.3) is 10.0 Å². The highest BCUT2D eigenvalue weighted by Crippen LogP contribution is 2.33. The van der Waals surface area contributed by atoms with Gasteiger partial charge in [-0.05, 0) is 62.1 Å². The molecule has 0 bridgehead atoms. The molecule has 0 aromatic heterocycles. The fourth-order valence-electron chi connectivity index (χ4n) is 5.99. The van der Waals surface area contributed by atoms with E-state index in [4.69, 9.17) is 4.74 Å². The summed E-state index contributed by atoms with van der Waals surface area (Å²) in [7, 11) is -4.22. The number of hydrogen-bond acceptors (Lipinski definition) is 5. The van der Waals surface area contributed by atoms with Crippen molar-refractivity contribution < 1.29 is 22.7 Å². The number of amides is 2. The van der Waals surface area contributed by atoms with E-state index in [9.17, 15) is 18.0 Å². The van der Waals surface area contributed by atoms with Crippen molar-refractivity contribution in [2.75, 3.05) is 17.5 Å². The van der Waals surface area contributed by atoms with Crippen LogP contribution in [0.25, 0.3) is 0 Å². The van der Waals surface area contributed by atoms with Crippen LogP contribution >= 0.6 is 0 Å². The highest BCUT2D eigenvalue weighted by Gasteiger charge is 2.36. The van der Waals surface area contributed by atoms with Gasteiger partial charge in [-0.3, -0.25) is 13.9 Å². The molecular formula is C38H43N3O5S. The number of nitrogens with one attached hydrogen (secondary N) is 1. The van der Waals surface area contributed by atoms with Crippen LogP contribution in [-0.2, 0) is 32.6 Å². The van der Waals surface area contributed by atoms with Crippen molar-refractivity contribution in [1.29, 1.82) is 0 Å². The van der Waals surface area contributed by atoms with Crippen molar-refractivity contribution in [3.63, 3.8) is 0 Å². The molecule has 4 aromatic rings. The lowest BCUT2D eigenvalue weighted by molar-refractivity contribution is -0.140. The molecule has 4 aromatic carbocycles. The largest absolute Gasteiger partial charge is 0.492 e. The van der Waals surface area contributed by atoms with Crippen LogP contribution < -0.4 is 14.4 Å². The number of rotatable bonds is 14. The van der Waals surface area contributed by atoms with E-state index in [-0.39, 0.29) is 35.5 Å². The third-order valence-corrected chi connectivity index (χ3v) is 10.3. The molecule has 1 atom stereocenters. The molecule has 5 rings (SSSR count). The van der Waals surface area contributed by atoms with E-state index in [0.717, 1.165) is 46.7 Å². The number of aryl methyl sites for hydroxylation is 1. The fraction of sp³-hybridized carbons (Fsp3) is 0.316. The minimum atomic E-state index is -4.22. The zero-order valence-electron chi connectivity index (χ0n) is 27.0. The van der Waals surface area contributed by atoms with Crippen molar-refractivity contribution in [2.45, 2.75) is 69.5 Å². The Balaban J connectivity index is 1.58. The average molecular weight is 654 g/mol. The molecule has 246 valence electrons. The first-order valence-electron chi connectivity index (χ1n) is 16.2. The summed E-state index contributed by atoms with van der Waals surface area (Å²) >= 11 is 0. The lowest BCUT2D eigenvalue weighted by atomic mass is 10.0. The van der Waals surface area contributed by atoms with Gasteiger partial charge in [0.1, 0.15) is 18.3 Å². The molecule has 0 spiro atoms. The quantitative estimate of drug-likeness (QED) is 0.173. The summed E-state index contributed by atoms with van der Waals surface area (Å²) in [5, 5.41) is 3.21. The second kappa shape index (κ2) is 15.8. The van der Waals surface area contributed by atoms with Crippen LogP contribution in [-0.4, -0.2) is 50.4 Å². The van der Waals surface area contributed by atoms with E-state index in [1.807, 2.05) is 68.4 Å². The Morgan fingerprint density at radius 3 is 2.11 bits per heavy atom. The predicted octanol–water partition coefficient (Wildman–Crippen LogP) is 6.29. The Morgan fingerprint density at radius 1 is 0.830 bits per heavy atom. The molecule has 0 radical (unpaired) electrons. The molecule has 1 fully saturated rings. The summed E-state index contributed by atoms with van der Waals surface area (Å²) in [4.78, 5) is 30.5. The molecule has 1 aliphatic rings. The van der Waals surface area contributed by atoms with Crippen LogP contribution in [0.5, 0.6) is 5.75 Å². The lowest BCUT2D eigenvalue weighted by Crippen LogP contribution is -2.54. The van der Waals surface area contributed by atoms with Crippen molar-refractivity contribution in [1.82, 2.24) is 10.2 Å². The van der Waals surface area contributed by atoms with Crippen molar-refractivity contribution in [2.24, 2.45) is 0 Å². The van der Waals surface area contributed by atoms with Gasteiger partial charge in [0, 0.05) is 19.0 Å². The van der Waals surface area contributed by atoms with E-state index >= 15 is 0 Å². The zero-order valence-corrected chi connectivity index (χ0v) is 27.9. The van der Waals surface area contributed by atoms with E-state index in [2.05, 4.69) is 5.32 Å². The number of ether oxygens (including phenoxy) is 1. The maximum Gasteiger partial charge on any atom is 0.264 e. The molecule has 0 heterocycles. The van der Waals surface area contributed by atoms with Gasteiger partial charge in [-0.25, -0.2) is 8.42 Å². The van der Waals surface area contributed by atoms with Crippen LogP contribution in [0.15, 0.2) is 114 Å². The van der Waals surface area contributed by atoms with Gasteiger partial charge in [0.15, 0.2) is 0 Å². The van der Waals surface area contributed by atoms with Gasteiger partial charge in [-0.15, -0.1) is 0 Å². The number of sulfonamides is 1. The van der Waals surface area contributed by atoms with Crippen molar-refractivity contribution in [3.05, 3.63) is 126 Å². The molecule has 1 unspecified atom stereocenters. The second-order valence-electron chi connectivity index (χ2n) is 11.9. The molecule has 0 saturated heterocycles. The number of para-hydroxylation sites is 2. The van der Waals surface area contributed by atoms with E-state index in [1.54, 1.807) is 47.4 Å². The van der Waals surface area contributed by atoms with Gasteiger partial charge >= 0.3 is 0 Å². The number of carbonyl (C=O) groups is 2. The average Bonchev–Trinajstić information content (AvgIpc) is 3.60. The number of hydrogen-bond donors (Lipinski definition) is 1. The van der Waals surface area contributed by atoms with Gasteiger partial charge in [0.2, 0.25) is 11.8 Å². The van der Waals surface area contributed by atoms with E-state index in [1.165, 1.54) is 12.1 Å². The third kappa shape index (κ3) is 8.60. The van der Waals surface area contributed by atoms with Crippen molar-refractivity contribution in [3.8, 4) is 5.75 Å². The van der Waals surface area contributed by atoms with Crippen LogP contribution in [0.4, 0.5) is 5.69 Å². The molecule has 1 N–H and O–H groups in total. The summed E-state index contributed by atoms with van der Waals surface area (Å²) in [5.41, 5.74) is 3.05. The van der Waals surface area contributed by atoms with Crippen molar-refractivity contribution >= 4 is 27.5 Å². The maximum absolute atomic E-state index is 14.7. The van der Waals surface area contributed by atoms with Crippen LogP contribution in [0, 0.1) is 6.92 Å². The normalized spacial score (nSPS) is 13.9. The van der Waals surface area contributed by atoms with E-state index in [0.29, 0.717) is 12.4 Å². The highest BCUT2D eigenvalue weighted by molar-refractivity contribution is 7.92. The third-order valence-electron chi connectivity index (χ3n) is 8.49. The summed E-state index contributed by atoms with van der Waals surface area (Å²) < 4.78 is 35.5. The monoisotopic (exact) mass is 653 g/mol. The summed E-state index contributed by atoms with van der Waals surface area (Å²) in [6, 6.07) is 31.4. The summed E-state index contributed by atoms with van der Waals surface area (Å²) in [6.07, 6.45) is 4.16. The topological polar surface area (TPSA) is 96.0 Å². The minimum Gasteiger partial charge on any atom is -0.492 e. The maximum atomic E-state index is 14.7. The smallest absolute Gasteiger partial charge is 0.264 e. The van der Waals surface area contributed by atoms with Gasteiger partial charge in [-0.1, -0.05) is 103 Å². The molecule has 8 nitrogen and oxygen atoms in total. The molecule has 1 aliphatic carbocycles. The number of anilines is 1. The lowest BCUT2D eigenvalue weighted by Gasteiger charge is -2.34. The highest BCUT2D eigenvalue weighted by atomic mass is 32.2. The number of benzene rings is 4. The van der Waals surface area contributed by atoms with Gasteiger partial charge in [0.05, 0.1) is 17.2 Å². The summed E-state index contributed by atoms with van der Waals surface area (Å²) in [5.74, 6) is -0.403. The number of nitrogens with zero attached hydrogens (tertiary/aromatic N) is 2. The minimum absolute atomic E-state index is 0.0454. The Morgan fingerprint density at radius 2 is 1.45 bits per heavy atom. The van der Waals surface area contributed by atoms with Gasteiger partial charge in [-0.2, -0.15) is 0 Å². The molecule has 47 heavy (non-hydrogen) atoms. The first-order valence-corrected chi connectivity index (χ1v) is 17.7. The van der Waals surface area contributed by atoms with E-state index < -0.39 is 28.5 Å².